The minimum absolute atomic E-state index is 0.178. The average molecular weight is 394 g/mol. The van der Waals surface area contributed by atoms with E-state index in [2.05, 4.69) is 10.5 Å². The van der Waals surface area contributed by atoms with E-state index in [-0.39, 0.29) is 5.91 Å². The highest BCUT2D eigenvalue weighted by Gasteiger charge is 2.13. The minimum atomic E-state index is -0.178. The van der Waals surface area contributed by atoms with Gasteiger partial charge in [-0.2, -0.15) is 0 Å². The van der Waals surface area contributed by atoms with Gasteiger partial charge < -0.3 is 24.1 Å². The van der Waals surface area contributed by atoms with E-state index >= 15 is 0 Å². The van der Waals surface area contributed by atoms with Crippen LogP contribution in [0.1, 0.15) is 32.9 Å². The van der Waals surface area contributed by atoms with Crippen LogP contribution in [0, 0.1) is 13.8 Å². The van der Waals surface area contributed by atoms with Crippen LogP contribution in [-0.2, 0) is 13.2 Å². The van der Waals surface area contributed by atoms with Crippen molar-refractivity contribution in [3.63, 3.8) is 0 Å². The number of amides is 1. The molecule has 0 unspecified atom stereocenters. The predicted molar refractivity (Wildman–Crippen MR) is 105 cm³/mol. The van der Waals surface area contributed by atoms with Crippen LogP contribution in [0.3, 0.4) is 0 Å². The first-order valence-corrected chi connectivity index (χ1v) is 9.41. The number of ether oxygens (including phenoxy) is 3. The third kappa shape index (κ3) is 4.34. The molecule has 0 saturated heterocycles. The van der Waals surface area contributed by atoms with Crippen molar-refractivity contribution in [2.24, 2.45) is 0 Å². The van der Waals surface area contributed by atoms with E-state index in [9.17, 15) is 4.79 Å². The number of aryl methyl sites for hydroxylation is 2. The highest BCUT2D eigenvalue weighted by Crippen LogP contribution is 2.30. The minimum Gasteiger partial charge on any atom is -0.489 e. The van der Waals surface area contributed by atoms with Crippen LogP contribution in [0.15, 0.2) is 47.0 Å². The summed E-state index contributed by atoms with van der Waals surface area (Å²) in [5.41, 5.74) is 3.18. The Labute approximate surface area is 168 Å². The van der Waals surface area contributed by atoms with Gasteiger partial charge in [0, 0.05) is 12.1 Å². The molecule has 1 amide bonds. The van der Waals surface area contributed by atoms with Crippen molar-refractivity contribution in [1.82, 2.24) is 10.5 Å². The van der Waals surface area contributed by atoms with Gasteiger partial charge >= 0.3 is 0 Å². The maximum atomic E-state index is 12.6. The zero-order valence-electron chi connectivity index (χ0n) is 16.4. The first kappa shape index (κ1) is 18.9. The number of benzene rings is 2. The van der Waals surface area contributed by atoms with Gasteiger partial charge in [-0.1, -0.05) is 17.3 Å². The molecule has 0 spiro atoms. The van der Waals surface area contributed by atoms with Crippen LogP contribution in [0.2, 0.25) is 0 Å². The van der Waals surface area contributed by atoms with Crippen LogP contribution >= 0.6 is 0 Å². The van der Waals surface area contributed by atoms with Crippen molar-refractivity contribution in [3.05, 3.63) is 70.6 Å². The summed E-state index contributed by atoms with van der Waals surface area (Å²) in [5.74, 6) is 2.60. The van der Waals surface area contributed by atoms with Crippen LogP contribution in [0.25, 0.3) is 0 Å². The molecule has 1 aliphatic rings. The average Bonchev–Trinajstić information content (AvgIpc) is 3.08. The largest absolute Gasteiger partial charge is 0.489 e. The Bertz CT molecular complexity index is 1010. The van der Waals surface area contributed by atoms with E-state index in [0.717, 1.165) is 28.3 Å². The van der Waals surface area contributed by atoms with Gasteiger partial charge in [0.05, 0.1) is 11.3 Å². The molecule has 4 rings (SSSR count). The second-order valence-corrected chi connectivity index (χ2v) is 6.78. The zero-order chi connectivity index (χ0) is 20.2. The Kier molecular flexibility index (Phi) is 5.37. The Morgan fingerprint density at radius 3 is 2.72 bits per heavy atom. The highest BCUT2D eigenvalue weighted by molar-refractivity contribution is 5.94. The number of fused-ring (bicyclic) bond motifs is 1. The summed E-state index contributed by atoms with van der Waals surface area (Å²) in [6.07, 6.45) is 0. The molecule has 0 radical (unpaired) electrons. The molecule has 0 aliphatic carbocycles. The third-order valence-electron chi connectivity index (χ3n) is 4.72. The van der Waals surface area contributed by atoms with Gasteiger partial charge in [0.1, 0.15) is 31.3 Å². The van der Waals surface area contributed by atoms with Crippen LogP contribution in [0.5, 0.6) is 17.2 Å². The molecular formula is C22H22N2O5. The molecule has 7 heteroatoms. The number of carbonyl (C=O) groups excluding carboxylic acids is 1. The lowest BCUT2D eigenvalue weighted by atomic mass is 10.1. The van der Waals surface area contributed by atoms with Crippen molar-refractivity contribution >= 4 is 5.91 Å². The molecule has 0 atom stereocenters. The summed E-state index contributed by atoms with van der Waals surface area (Å²) in [4.78, 5) is 12.6. The van der Waals surface area contributed by atoms with E-state index in [1.165, 1.54) is 0 Å². The number of nitrogens with one attached hydrogen (secondary N) is 1. The molecule has 2 aromatic carbocycles. The lowest BCUT2D eigenvalue weighted by molar-refractivity contribution is 0.0950. The SMILES string of the molecule is Cc1noc(C)c1COc1cccc(C(=O)NCc2ccc3c(c2)OCCO3)c1. The number of carbonyl (C=O) groups is 1. The Hall–Kier alpha value is -3.48. The molecule has 0 saturated carbocycles. The van der Waals surface area contributed by atoms with Gasteiger partial charge in [-0.15, -0.1) is 0 Å². The molecule has 0 bridgehead atoms. The van der Waals surface area contributed by atoms with Crippen LogP contribution in [-0.4, -0.2) is 24.3 Å². The first-order valence-electron chi connectivity index (χ1n) is 9.41. The van der Waals surface area contributed by atoms with Crippen LogP contribution in [0.4, 0.5) is 0 Å². The molecule has 0 fully saturated rings. The van der Waals surface area contributed by atoms with Crippen molar-refractivity contribution in [2.45, 2.75) is 27.0 Å². The molecule has 1 aromatic heterocycles. The van der Waals surface area contributed by atoms with E-state index in [1.54, 1.807) is 18.2 Å². The smallest absolute Gasteiger partial charge is 0.251 e. The maximum Gasteiger partial charge on any atom is 0.251 e. The second kappa shape index (κ2) is 8.26. The lowest BCUT2D eigenvalue weighted by Crippen LogP contribution is -2.23. The van der Waals surface area contributed by atoms with Crippen molar-refractivity contribution in [1.29, 1.82) is 0 Å². The molecular weight excluding hydrogens is 372 g/mol. The van der Waals surface area contributed by atoms with Crippen molar-refractivity contribution in [2.75, 3.05) is 13.2 Å². The van der Waals surface area contributed by atoms with Gasteiger partial charge in [0.2, 0.25) is 0 Å². The number of rotatable bonds is 6. The highest BCUT2D eigenvalue weighted by atomic mass is 16.6. The van der Waals surface area contributed by atoms with Gasteiger partial charge in [-0.05, 0) is 49.7 Å². The zero-order valence-corrected chi connectivity index (χ0v) is 16.4. The molecule has 150 valence electrons. The Morgan fingerprint density at radius 1 is 1.10 bits per heavy atom. The van der Waals surface area contributed by atoms with Gasteiger partial charge in [0.15, 0.2) is 11.5 Å². The summed E-state index contributed by atoms with van der Waals surface area (Å²) >= 11 is 0. The third-order valence-corrected chi connectivity index (χ3v) is 4.72. The fourth-order valence-corrected chi connectivity index (χ4v) is 3.07. The lowest BCUT2D eigenvalue weighted by Gasteiger charge is -2.19. The van der Waals surface area contributed by atoms with E-state index in [1.807, 2.05) is 38.1 Å². The summed E-state index contributed by atoms with van der Waals surface area (Å²) in [5, 5.41) is 6.84. The van der Waals surface area contributed by atoms with E-state index in [0.29, 0.717) is 43.4 Å². The fraction of sp³-hybridized carbons (Fsp3) is 0.273. The van der Waals surface area contributed by atoms with Gasteiger partial charge in [0.25, 0.3) is 5.91 Å². The standard InChI is InChI=1S/C22H22N2O5/c1-14-19(15(2)29-24-14)13-28-18-5-3-4-17(11-18)22(25)23-12-16-6-7-20-21(10-16)27-9-8-26-20/h3-7,10-11H,8-9,12-13H2,1-2H3,(H,23,25). The molecule has 1 aliphatic heterocycles. The molecule has 7 nitrogen and oxygen atoms in total. The summed E-state index contributed by atoms with van der Waals surface area (Å²) in [6, 6.07) is 12.7. The summed E-state index contributed by atoms with van der Waals surface area (Å²) < 4.78 is 22.1. The van der Waals surface area contributed by atoms with Crippen LogP contribution < -0.4 is 19.5 Å². The van der Waals surface area contributed by atoms with Gasteiger partial charge in [-0.25, -0.2) is 0 Å². The van der Waals surface area contributed by atoms with Crippen molar-refractivity contribution < 1.29 is 23.5 Å². The number of hydrogen-bond donors (Lipinski definition) is 1. The number of nitrogens with zero attached hydrogens (tertiary/aromatic N) is 1. The quantitative estimate of drug-likeness (QED) is 0.688. The first-order chi connectivity index (χ1) is 14.1. The summed E-state index contributed by atoms with van der Waals surface area (Å²) in [6.45, 7) is 5.53. The van der Waals surface area contributed by atoms with E-state index in [4.69, 9.17) is 18.7 Å². The monoisotopic (exact) mass is 394 g/mol. The number of hydrogen-bond acceptors (Lipinski definition) is 6. The molecule has 3 aromatic rings. The Morgan fingerprint density at radius 2 is 1.93 bits per heavy atom. The van der Waals surface area contributed by atoms with E-state index < -0.39 is 0 Å². The number of aromatic nitrogens is 1. The molecule has 2 heterocycles. The van der Waals surface area contributed by atoms with Gasteiger partial charge in [-0.3, -0.25) is 4.79 Å². The predicted octanol–water partition coefficient (Wildman–Crippen LogP) is 3.57. The Balaban J connectivity index is 1.37. The molecule has 1 N–H and O–H groups in total. The molecule has 29 heavy (non-hydrogen) atoms. The fourth-order valence-electron chi connectivity index (χ4n) is 3.07. The second-order valence-electron chi connectivity index (χ2n) is 6.78. The van der Waals surface area contributed by atoms with Crippen molar-refractivity contribution in [3.8, 4) is 17.2 Å². The topological polar surface area (TPSA) is 82.8 Å². The normalized spacial score (nSPS) is 12.5. The maximum absolute atomic E-state index is 12.6. The summed E-state index contributed by atoms with van der Waals surface area (Å²) in [7, 11) is 0.